The lowest BCUT2D eigenvalue weighted by Gasteiger charge is -2.20. The number of carbonyl (C=O) groups is 1. The fourth-order valence-corrected chi connectivity index (χ4v) is 2.99. The Kier molecular flexibility index (Phi) is 5.93. The third kappa shape index (κ3) is 4.49. The first-order valence-corrected chi connectivity index (χ1v) is 8.74. The highest BCUT2D eigenvalue weighted by Gasteiger charge is 2.22. The monoisotopic (exact) mass is 383 g/mol. The highest BCUT2D eigenvalue weighted by atomic mass is 19.1. The Balaban J connectivity index is 1.92. The Morgan fingerprint density at radius 1 is 1.18 bits per heavy atom. The van der Waals surface area contributed by atoms with Crippen molar-refractivity contribution in [3.63, 3.8) is 0 Å². The van der Waals surface area contributed by atoms with Gasteiger partial charge in [0.15, 0.2) is 0 Å². The van der Waals surface area contributed by atoms with Gasteiger partial charge in [-0.25, -0.2) is 9.37 Å². The second-order valence-corrected chi connectivity index (χ2v) is 6.35. The van der Waals surface area contributed by atoms with E-state index in [0.29, 0.717) is 22.9 Å². The fraction of sp³-hybridized carbons (Fsp3) is 0.238. The van der Waals surface area contributed by atoms with Crippen molar-refractivity contribution >= 4 is 5.91 Å². The van der Waals surface area contributed by atoms with E-state index in [4.69, 9.17) is 9.47 Å². The molecule has 0 aliphatic carbocycles. The van der Waals surface area contributed by atoms with Crippen molar-refractivity contribution in [1.82, 2.24) is 14.9 Å². The number of nitrogens with one attached hydrogen (secondary N) is 1. The number of methoxy groups -OCH3 is 2. The predicted molar refractivity (Wildman–Crippen MR) is 103 cm³/mol. The molecule has 146 valence electrons. The summed E-state index contributed by atoms with van der Waals surface area (Å²) in [6.07, 6.45) is 3.52. The molecule has 0 aliphatic rings. The minimum atomic E-state index is -0.523. The molecule has 0 saturated heterocycles. The average Bonchev–Trinajstić information content (AvgIpc) is 3.11. The molecular weight excluding hydrogens is 361 g/mol. The van der Waals surface area contributed by atoms with E-state index in [1.807, 2.05) is 23.7 Å². The van der Waals surface area contributed by atoms with Gasteiger partial charge in [-0.15, -0.1) is 0 Å². The molecule has 1 heterocycles. The van der Waals surface area contributed by atoms with Crippen molar-refractivity contribution in [1.29, 1.82) is 0 Å². The molecule has 7 heteroatoms. The van der Waals surface area contributed by atoms with Gasteiger partial charge >= 0.3 is 0 Å². The van der Waals surface area contributed by atoms with Crippen LogP contribution in [0.1, 0.15) is 23.0 Å². The van der Waals surface area contributed by atoms with E-state index >= 15 is 0 Å². The number of benzene rings is 2. The van der Waals surface area contributed by atoms with Gasteiger partial charge in [-0.05, 0) is 35.4 Å². The number of imidazole rings is 1. The summed E-state index contributed by atoms with van der Waals surface area (Å²) in [5, 5.41) is 2.99. The lowest BCUT2D eigenvalue weighted by molar-refractivity contribution is -0.121. The Morgan fingerprint density at radius 3 is 2.46 bits per heavy atom. The summed E-state index contributed by atoms with van der Waals surface area (Å²) < 4.78 is 25.9. The van der Waals surface area contributed by atoms with E-state index in [1.54, 1.807) is 44.8 Å². The van der Waals surface area contributed by atoms with Gasteiger partial charge < -0.3 is 19.4 Å². The average molecular weight is 383 g/mol. The lowest BCUT2D eigenvalue weighted by atomic mass is 10.0. The van der Waals surface area contributed by atoms with Crippen LogP contribution in [-0.2, 0) is 18.3 Å². The zero-order chi connectivity index (χ0) is 20.1. The minimum Gasteiger partial charge on any atom is -0.497 e. The molecule has 0 aliphatic heterocycles. The molecule has 0 fully saturated rings. The van der Waals surface area contributed by atoms with Gasteiger partial charge in [0.1, 0.15) is 29.2 Å². The molecule has 3 aromatic rings. The van der Waals surface area contributed by atoms with Crippen LogP contribution in [0.5, 0.6) is 11.5 Å². The summed E-state index contributed by atoms with van der Waals surface area (Å²) in [7, 11) is 4.99. The molecule has 0 unspecified atom stereocenters. The maximum absolute atomic E-state index is 13.4. The molecular formula is C21H22FN3O3. The van der Waals surface area contributed by atoms with Gasteiger partial charge in [0.2, 0.25) is 5.91 Å². The Morgan fingerprint density at radius 2 is 1.89 bits per heavy atom. The van der Waals surface area contributed by atoms with Crippen LogP contribution < -0.4 is 14.8 Å². The highest BCUT2D eigenvalue weighted by molar-refractivity contribution is 5.79. The molecule has 2 aromatic carbocycles. The number of hydrogen-bond donors (Lipinski definition) is 1. The molecule has 28 heavy (non-hydrogen) atoms. The van der Waals surface area contributed by atoms with E-state index in [2.05, 4.69) is 10.3 Å². The van der Waals surface area contributed by atoms with Crippen LogP contribution in [0.25, 0.3) is 0 Å². The van der Waals surface area contributed by atoms with Crippen LogP contribution in [0.4, 0.5) is 4.39 Å². The summed E-state index contributed by atoms with van der Waals surface area (Å²) in [5.41, 5.74) is 1.36. The SMILES string of the molecule is COc1cc(OC)cc([C@H](NC(=O)Cc2cccc(F)c2)c2nccn2C)c1. The van der Waals surface area contributed by atoms with Gasteiger partial charge in [0, 0.05) is 25.5 Å². The number of halogens is 1. The first kappa shape index (κ1) is 19.4. The zero-order valence-corrected chi connectivity index (χ0v) is 16.0. The maximum atomic E-state index is 13.4. The van der Waals surface area contributed by atoms with Crippen LogP contribution in [0.2, 0.25) is 0 Å². The van der Waals surface area contributed by atoms with Crippen molar-refractivity contribution < 1.29 is 18.7 Å². The summed E-state index contributed by atoms with van der Waals surface area (Å²) in [4.78, 5) is 17.1. The summed E-state index contributed by atoms with van der Waals surface area (Å²) in [5.74, 6) is 1.24. The van der Waals surface area contributed by atoms with Crippen LogP contribution >= 0.6 is 0 Å². The summed E-state index contributed by atoms with van der Waals surface area (Å²) in [6, 6.07) is 10.9. The zero-order valence-electron chi connectivity index (χ0n) is 16.0. The van der Waals surface area contributed by atoms with Gasteiger partial charge in [-0.3, -0.25) is 4.79 Å². The second-order valence-electron chi connectivity index (χ2n) is 6.35. The molecule has 0 radical (unpaired) electrons. The van der Waals surface area contributed by atoms with Gasteiger partial charge in [0.05, 0.1) is 20.6 Å². The predicted octanol–water partition coefficient (Wildman–Crippen LogP) is 3.02. The van der Waals surface area contributed by atoms with Crippen molar-refractivity contribution in [3.05, 3.63) is 77.6 Å². The number of aryl methyl sites for hydroxylation is 1. The smallest absolute Gasteiger partial charge is 0.225 e. The first-order chi connectivity index (χ1) is 13.5. The largest absolute Gasteiger partial charge is 0.497 e. The van der Waals surface area contributed by atoms with E-state index in [-0.39, 0.29) is 18.1 Å². The number of rotatable bonds is 7. The van der Waals surface area contributed by atoms with E-state index < -0.39 is 6.04 Å². The molecule has 1 aromatic heterocycles. The second kappa shape index (κ2) is 8.56. The van der Waals surface area contributed by atoms with Crippen molar-refractivity contribution in [2.24, 2.45) is 7.05 Å². The molecule has 1 atom stereocenters. The third-order valence-electron chi connectivity index (χ3n) is 4.38. The minimum absolute atomic E-state index is 0.0553. The molecule has 1 amide bonds. The Labute approximate surface area is 162 Å². The number of hydrogen-bond acceptors (Lipinski definition) is 4. The molecule has 6 nitrogen and oxygen atoms in total. The number of ether oxygens (including phenoxy) is 2. The fourth-order valence-electron chi connectivity index (χ4n) is 2.99. The molecule has 0 spiro atoms. The Bertz CT molecular complexity index is 949. The van der Waals surface area contributed by atoms with Gasteiger partial charge in [-0.1, -0.05) is 12.1 Å². The number of carbonyl (C=O) groups excluding carboxylic acids is 1. The first-order valence-electron chi connectivity index (χ1n) is 8.74. The normalized spacial score (nSPS) is 11.7. The quantitative estimate of drug-likeness (QED) is 0.681. The lowest BCUT2D eigenvalue weighted by Crippen LogP contribution is -2.32. The van der Waals surface area contributed by atoms with E-state index in [9.17, 15) is 9.18 Å². The van der Waals surface area contributed by atoms with Gasteiger partial charge in [-0.2, -0.15) is 0 Å². The Hall–Kier alpha value is -3.35. The molecule has 0 saturated carbocycles. The maximum Gasteiger partial charge on any atom is 0.225 e. The topological polar surface area (TPSA) is 65.4 Å². The number of amides is 1. The van der Waals surface area contributed by atoms with Crippen LogP contribution in [0, 0.1) is 5.82 Å². The van der Waals surface area contributed by atoms with Crippen molar-refractivity contribution in [3.8, 4) is 11.5 Å². The van der Waals surface area contributed by atoms with E-state index in [0.717, 1.165) is 5.56 Å². The summed E-state index contributed by atoms with van der Waals surface area (Å²) in [6.45, 7) is 0. The van der Waals surface area contributed by atoms with Gasteiger partial charge in [0.25, 0.3) is 0 Å². The van der Waals surface area contributed by atoms with Crippen LogP contribution in [0.15, 0.2) is 54.9 Å². The number of nitrogens with zero attached hydrogens (tertiary/aromatic N) is 2. The van der Waals surface area contributed by atoms with E-state index in [1.165, 1.54) is 12.1 Å². The standard InChI is InChI=1S/C21H22FN3O3/c1-25-8-7-23-21(25)20(15-11-17(27-2)13-18(12-15)28-3)24-19(26)10-14-5-4-6-16(22)9-14/h4-9,11-13,20H,10H2,1-3H3,(H,24,26)/t20-/m0/s1. The van der Waals surface area contributed by atoms with Crippen LogP contribution in [0.3, 0.4) is 0 Å². The summed E-state index contributed by atoms with van der Waals surface area (Å²) >= 11 is 0. The molecule has 0 bridgehead atoms. The van der Waals surface area contributed by atoms with Crippen molar-refractivity contribution in [2.45, 2.75) is 12.5 Å². The van der Waals surface area contributed by atoms with Crippen molar-refractivity contribution in [2.75, 3.05) is 14.2 Å². The molecule has 3 rings (SSSR count). The highest BCUT2D eigenvalue weighted by Crippen LogP contribution is 2.29. The number of aromatic nitrogens is 2. The van der Waals surface area contributed by atoms with Crippen LogP contribution in [-0.4, -0.2) is 29.7 Å². The molecule has 1 N–H and O–H groups in total. The third-order valence-corrected chi connectivity index (χ3v) is 4.38.